The van der Waals surface area contributed by atoms with E-state index in [-0.39, 0.29) is 35.9 Å². The zero-order chi connectivity index (χ0) is 19.3. The normalized spacial score (nSPS) is 11.8. The molecule has 0 aliphatic heterocycles. The van der Waals surface area contributed by atoms with Gasteiger partial charge in [0.2, 0.25) is 5.88 Å². The van der Waals surface area contributed by atoms with E-state index in [1.54, 1.807) is 19.3 Å². The molecule has 2 aromatic heterocycles. The van der Waals surface area contributed by atoms with Crippen LogP contribution in [-0.2, 0) is 16.1 Å². The Morgan fingerprint density at radius 1 is 1.31 bits per heavy atom. The molecule has 1 atom stereocenters. The fourth-order valence-corrected chi connectivity index (χ4v) is 2.53. The third kappa shape index (κ3) is 4.51. The van der Waals surface area contributed by atoms with Gasteiger partial charge in [-0.1, -0.05) is 0 Å². The fraction of sp³-hybridized carbons (Fsp3) is 0.353. The third-order valence-electron chi connectivity index (χ3n) is 3.58. The predicted molar refractivity (Wildman–Crippen MR) is 90.7 cm³/mol. The molecule has 0 aliphatic carbocycles. The minimum atomic E-state index is -0.892. The molecule has 0 fully saturated rings. The average molecular weight is 364 g/mol. The molecular formula is C17H22N3O6+. The topological polar surface area (TPSA) is 129 Å². The number of ether oxygens (including phenoxy) is 1. The van der Waals surface area contributed by atoms with Crippen molar-refractivity contribution in [2.45, 2.75) is 20.4 Å². The van der Waals surface area contributed by atoms with Crippen molar-refractivity contribution in [2.24, 2.45) is 5.73 Å². The van der Waals surface area contributed by atoms with Gasteiger partial charge >= 0.3 is 5.97 Å². The number of anilines is 1. The Labute approximate surface area is 150 Å². The minimum Gasteiger partial charge on any atom is -0.463 e. The summed E-state index contributed by atoms with van der Waals surface area (Å²) in [5.74, 6) is -1.30. The average Bonchev–Trinajstić information content (AvgIpc) is 3.14. The van der Waals surface area contributed by atoms with Gasteiger partial charge in [-0.15, -0.1) is 0 Å². The van der Waals surface area contributed by atoms with Gasteiger partial charge in [0.25, 0.3) is 11.8 Å². The summed E-state index contributed by atoms with van der Waals surface area (Å²) < 4.78 is 15.5. The van der Waals surface area contributed by atoms with Crippen molar-refractivity contribution < 1.29 is 32.9 Å². The second-order valence-corrected chi connectivity index (χ2v) is 5.76. The van der Waals surface area contributed by atoms with Gasteiger partial charge in [-0.25, -0.2) is 4.79 Å². The highest BCUT2D eigenvalue weighted by Crippen LogP contribution is 2.27. The molecule has 140 valence electrons. The molecule has 4 N–H and O–H groups in total. The zero-order valence-corrected chi connectivity index (χ0v) is 14.9. The number of carbonyl (C=O) groups excluding carboxylic acids is 3. The number of hydrogen-bond donors (Lipinski definition) is 3. The summed E-state index contributed by atoms with van der Waals surface area (Å²) in [6.07, 6.45) is 1.56. The van der Waals surface area contributed by atoms with Crippen molar-refractivity contribution >= 4 is 23.7 Å². The number of nitrogens with one attached hydrogen (secondary N) is 2. The van der Waals surface area contributed by atoms with E-state index in [1.165, 1.54) is 6.92 Å². The summed E-state index contributed by atoms with van der Waals surface area (Å²) >= 11 is 0. The first-order valence-corrected chi connectivity index (χ1v) is 8.07. The van der Waals surface area contributed by atoms with Crippen molar-refractivity contribution in [2.75, 3.05) is 25.5 Å². The van der Waals surface area contributed by atoms with Crippen LogP contribution in [0.3, 0.4) is 0 Å². The summed E-state index contributed by atoms with van der Waals surface area (Å²) in [6, 6.07) is 3.58. The van der Waals surface area contributed by atoms with Gasteiger partial charge in [0.05, 0.1) is 19.9 Å². The lowest BCUT2D eigenvalue weighted by molar-refractivity contribution is -0.886. The number of nitrogens with two attached hydrogens (primary N) is 1. The monoisotopic (exact) mass is 364 g/mol. The number of likely N-dealkylation sites (N-methyl/N-ethyl adjacent to an activating group) is 1. The van der Waals surface area contributed by atoms with E-state index < -0.39 is 17.8 Å². The molecule has 0 saturated heterocycles. The van der Waals surface area contributed by atoms with Gasteiger partial charge in [0, 0.05) is 0 Å². The van der Waals surface area contributed by atoms with Gasteiger partial charge < -0.3 is 24.2 Å². The van der Waals surface area contributed by atoms with Crippen molar-refractivity contribution in [1.82, 2.24) is 0 Å². The number of quaternary nitrogens is 1. The maximum Gasteiger partial charge on any atom is 0.342 e. The quantitative estimate of drug-likeness (QED) is 0.570. The lowest BCUT2D eigenvalue weighted by Gasteiger charge is -2.12. The van der Waals surface area contributed by atoms with Gasteiger partial charge in [-0.2, -0.15) is 0 Å². The predicted octanol–water partition coefficient (Wildman–Crippen LogP) is 0.110. The third-order valence-corrected chi connectivity index (χ3v) is 3.58. The largest absolute Gasteiger partial charge is 0.463 e. The van der Waals surface area contributed by atoms with Crippen molar-refractivity contribution in [3.63, 3.8) is 0 Å². The Kier molecular flexibility index (Phi) is 6.18. The van der Waals surface area contributed by atoms with E-state index in [0.717, 1.165) is 10.7 Å². The van der Waals surface area contributed by atoms with Crippen LogP contribution < -0.4 is 16.0 Å². The van der Waals surface area contributed by atoms with Crippen molar-refractivity contribution in [3.8, 4) is 0 Å². The molecule has 2 amide bonds. The van der Waals surface area contributed by atoms with Crippen LogP contribution in [0.1, 0.15) is 39.2 Å². The maximum atomic E-state index is 12.3. The Morgan fingerprint density at radius 3 is 2.62 bits per heavy atom. The first-order valence-electron chi connectivity index (χ1n) is 8.07. The van der Waals surface area contributed by atoms with E-state index in [1.807, 2.05) is 13.1 Å². The van der Waals surface area contributed by atoms with E-state index in [9.17, 15) is 14.4 Å². The smallest absolute Gasteiger partial charge is 0.342 e. The lowest BCUT2D eigenvalue weighted by Crippen LogP contribution is -3.08. The number of amides is 2. The molecule has 1 unspecified atom stereocenters. The van der Waals surface area contributed by atoms with E-state index in [4.69, 9.17) is 19.3 Å². The van der Waals surface area contributed by atoms with Gasteiger partial charge in [-0.3, -0.25) is 14.9 Å². The number of furan rings is 2. The molecule has 26 heavy (non-hydrogen) atoms. The highest BCUT2D eigenvalue weighted by atomic mass is 16.5. The van der Waals surface area contributed by atoms with Crippen LogP contribution in [0.25, 0.3) is 0 Å². The Morgan fingerprint density at radius 2 is 2.04 bits per heavy atom. The summed E-state index contributed by atoms with van der Waals surface area (Å²) in [4.78, 5) is 36.9. The molecule has 9 nitrogen and oxygen atoms in total. The summed E-state index contributed by atoms with van der Waals surface area (Å²) in [7, 11) is 1.81. The van der Waals surface area contributed by atoms with Crippen LogP contribution in [0.2, 0.25) is 0 Å². The van der Waals surface area contributed by atoms with E-state index >= 15 is 0 Å². The molecule has 0 radical (unpaired) electrons. The van der Waals surface area contributed by atoms with Crippen LogP contribution >= 0.6 is 0 Å². The molecule has 2 aromatic rings. The Balaban J connectivity index is 2.12. The minimum absolute atomic E-state index is 0.0778. The molecule has 0 spiro atoms. The molecule has 0 aliphatic rings. The zero-order valence-electron chi connectivity index (χ0n) is 14.9. The molecule has 0 aromatic carbocycles. The molecule has 9 heteroatoms. The number of primary amides is 1. The van der Waals surface area contributed by atoms with E-state index in [2.05, 4.69) is 5.32 Å². The summed E-state index contributed by atoms with van der Waals surface area (Å²) in [5.41, 5.74) is 5.08. The fourth-order valence-electron chi connectivity index (χ4n) is 2.53. The van der Waals surface area contributed by atoms with Crippen molar-refractivity contribution in [3.05, 3.63) is 41.0 Å². The Bertz CT molecular complexity index is 794. The lowest BCUT2D eigenvalue weighted by atomic mass is 10.1. The standard InChI is InChI=1S/C17H21N3O6/c1-4-24-17(23)13-10(2)26-16(14(13)15(18)22)19-12(21)9-20(3)8-11-6-5-7-25-11/h5-7H,4,8-9H2,1-3H3,(H2,18,22)(H,19,21)/p+1. The summed E-state index contributed by atoms with van der Waals surface area (Å²) in [6.45, 7) is 3.85. The molecule has 2 rings (SSSR count). The number of hydrogen-bond acceptors (Lipinski definition) is 6. The number of rotatable bonds is 8. The highest BCUT2D eigenvalue weighted by Gasteiger charge is 2.29. The highest BCUT2D eigenvalue weighted by molar-refractivity contribution is 6.10. The number of esters is 1. The second-order valence-electron chi connectivity index (χ2n) is 5.76. The Hall–Kier alpha value is -3.07. The second kappa shape index (κ2) is 8.34. The van der Waals surface area contributed by atoms with Crippen molar-refractivity contribution in [1.29, 1.82) is 0 Å². The number of carbonyl (C=O) groups is 3. The van der Waals surface area contributed by atoms with Crippen LogP contribution in [0.15, 0.2) is 27.2 Å². The SMILES string of the molecule is CCOC(=O)c1c(C)oc(NC(=O)C[NH+](C)Cc2ccco2)c1C(N)=O. The van der Waals surface area contributed by atoms with Gasteiger partial charge in [0.1, 0.15) is 23.4 Å². The van der Waals surface area contributed by atoms with Crippen LogP contribution in [0, 0.1) is 6.92 Å². The maximum absolute atomic E-state index is 12.3. The molecular weight excluding hydrogens is 342 g/mol. The van der Waals surface area contributed by atoms with Crippen LogP contribution in [0.4, 0.5) is 5.88 Å². The van der Waals surface area contributed by atoms with Gasteiger partial charge in [-0.05, 0) is 26.0 Å². The van der Waals surface area contributed by atoms with Gasteiger partial charge in [0.15, 0.2) is 12.3 Å². The first-order chi connectivity index (χ1) is 12.3. The molecule has 0 saturated carbocycles. The molecule has 2 heterocycles. The first kappa shape index (κ1) is 19.3. The summed E-state index contributed by atoms with van der Waals surface area (Å²) in [5, 5.41) is 2.49. The van der Waals surface area contributed by atoms with Crippen LogP contribution in [0.5, 0.6) is 0 Å². The molecule has 0 bridgehead atoms. The number of aryl methyl sites for hydroxylation is 1. The van der Waals surface area contributed by atoms with Crippen LogP contribution in [-0.4, -0.2) is 38.0 Å². The van der Waals surface area contributed by atoms with E-state index in [0.29, 0.717) is 6.54 Å².